The first-order valence-corrected chi connectivity index (χ1v) is 6.79. The fourth-order valence-electron chi connectivity index (χ4n) is 1.97. The zero-order valence-corrected chi connectivity index (χ0v) is 12.1. The van der Waals surface area contributed by atoms with Crippen molar-refractivity contribution >= 4 is 0 Å². The van der Waals surface area contributed by atoms with E-state index in [2.05, 4.69) is 43.9 Å². The number of ether oxygens (including phenoxy) is 1. The molecule has 3 nitrogen and oxygen atoms in total. The van der Waals surface area contributed by atoms with Crippen molar-refractivity contribution in [3.05, 3.63) is 29.3 Å². The van der Waals surface area contributed by atoms with Crippen LogP contribution in [0.1, 0.15) is 37.9 Å². The van der Waals surface area contributed by atoms with Gasteiger partial charge in [0.15, 0.2) is 0 Å². The number of aryl methyl sites for hydroxylation is 1. The Labute approximate surface area is 111 Å². The van der Waals surface area contributed by atoms with E-state index in [1.165, 1.54) is 5.56 Å². The molecule has 0 saturated carbocycles. The van der Waals surface area contributed by atoms with E-state index in [-0.39, 0.29) is 6.04 Å². The van der Waals surface area contributed by atoms with Gasteiger partial charge >= 0.3 is 0 Å². The van der Waals surface area contributed by atoms with E-state index in [0.717, 1.165) is 30.9 Å². The van der Waals surface area contributed by atoms with Gasteiger partial charge in [-0.25, -0.2) is 0 Å². The molecule has 1 aromatic carbocycles. The van der Waals surface area contributed by atoms with Gasteiger partial charge in [0, 0.05) is 18.2 Å². The van der Waals surface area contributed by atoms with Crippen LogP contribution in [0.5, 0.6) is 5.75 Å². The second kappa shape index (κ2) is 7.39. The first-order valence-electron chi connectivity index (χ1n) is 6.79. The Hall–Kier alpha value is -1.06. The summed E-state index contributed by atoms with van der Waals surface area (Å²) in [5.41, 5.74) is 8.25. The first kappa shape index (κ1) is 15.0. The van der Waals surface area contributed by atoms with Crippen LogP contribution in [0.3, 0.4) is 0 Å². The van der Waals surface area contributed by atoms with Crippen LogP contribution < -0.4 is 10.5 Å². The highest BCUT2D eigenvalue weighted by Crippen LogP contribution is 2.25. The molecule has 1 rings (SSSR count). The molecule has 0 amide bonds. The molecular weight excluding hydrogens is 224 g/mol. The van der Waals surface area contributed by atoms with Crippen molar-refractivity contribution < 1.29 is 4.74 Å². The Balaban J connectivity index is 2.63. The van der Waals surface area contributed by atoms with Crippen LogP contribution in [0.15, 0.2) is 18.2 Å². The summed E-state index contributed by atoms with van der Waals surface area (Å²) in [5.74, 6) is 0.928. The molecule has 0 unspecified atom stereocenters. The van der Waals surface area contributed by atoms with Gasteiger partial charge < -0.3 is 15.4 Å². The van der Waals surface area contributed by atoms with E-state index in [0.29, 0.717) is 6.61 Å². The number of benzene rings is 1. The molecule has 0 radical (unpaired) electrons. The highest BCUT2D eigenvalue weighted by Gasteiger charge is 2.08. The van der Waals surface area contributed by atoms with E-state index in [4.69, 9.17) is 10.5 Å². The largest absolute Gasteiger partial charge is 0.492 e. The molecular formula is C15H26N2O. The predicted octanol–water partition coefficient (Wildman–Crippen LogP) is 2.74. The molecule has 0 aliphatic heterocycles. The number of hydrogen-bond acceptors (Lipinski definition) is 3. The van der Waals surface area contributed by atoms with Gasteiger partial charge in [-0.3, -0.25) is 0 Å². The number of nitrogens with two attached hydrogens (primary N) is 1. The molecule has 1 aromatic rings. The van der Waals surface area contributed by atoms with E-state index < -0.39 is 0 Å². The highest BCUT2D eigenvalue weighted by molar-refractivity contribution is 5.38. The standard InChI is InChI=1S/C15H26N2O/c1-5-17(6-2)9-10-18-15-11-12(3)7-8-14(15)13(4)16/h7-8,11,13H,5-6,9-10,16H2,1-4H3/t13-/m0/s1. The van der Waals surface area contributed by atoms with Gasteiger partial charge in [0.2, 0.25) is 0 Å². The Morgan fingerprint density at radius 2 is 1.94 bits per heavy atom. The number of likely N-dealkylation sites (N-methyl/N-ethyl adjacent to an activating group) is 1. The zero-order chi connectivity index (χ0) is 13.5. The summed E-state index contributed by atoms with van der Waals surface area (Å²) in [6, 6.07) is 6.22. The van der Waals surface area contributed by atoms with E-state index in [1.54, 1.807) is 0 Å². The summed E-state index contributed by atoms with van der Waals surface area (Å²) in [6.45, 7) is 12.2. The van der Waals surface area contributed by atoms with Crippen molar-refractivity contribution in [1.29, 1.82) is 0 Å². The van der Waals surface area contributed by atoms with Crippen LogP contribution in [0.2, 0.25) is 0 Å². The van der Waals surface area contributed by atoms with Gasteiger partial charge in [-0.15, -0.1) is 0 Å². The van der Waals surface area contributed by atoms with Crippen molar-refractivity contribution in [2.45, 2.75) is 33.7 Å². The molecule has 0 aromatic heterocycles. The van der Waals surface area contributed by atoms with Crippen molar-refractivity contribution in [3.8, 4) is 5.75 Å². The fraction of sp³-hybridized carbons (Fsp3) is 0.600. The van der Waals surface area contributed by atoms with Crippen molar-refractivity contribution in [3.63, 3.8) is 0 Å². The van der Waals surface area contributed by atoms with Crippen LogP contribution in [-0.4, -0.2) is 31.1 Å². The maximum absolute atomic E-state index is 5.96. The molecule has 0 bridgehead atoms. The molecule has 0 fully saturated rings. The monoisotopic (exact) mass is 250 g/mol. The molecule has 0 aliphatic rings. The average molecular weight is 250 g/mol. The lowest BCUT2D eigenvalue weighted by Gasteiger charge is -2.20. The Bertz CT molecular complexity index is 360. The minimum absolute atomic E-state index is 0.00838. The highest BCUT2D eigenvalue weighted by atomic mass is 16.5. The summed E-state index contributed by atoms with van der Waals surface area (Å²) in [5, 5.41) is 0. The van der Waals surface area contributed by atoms with E-state index >= 15 is 0 Å². The van der Waals surface area contributed by atoms with Crippen LogP contribution in [0.4, 0.5) is 0 Å². The molecule has 0 spiro atoms. The number of rotatable bonds is 7. The summed E-state index contributed by atoms with van der Waals surface area (Å²) in [4.78, 5) is 2.35. The van der Waals surface area contributed by atoms with Gasteiger partial charge in [-0.05, 0) is 38.6 Å². The topological polar surface area (TPSA) is 38.5 Å². The third-order valence-corrected chi connectivity index (χ3v) is 3.22. The number of hydrogen-bond donors (Lipinski definition) is 1. The second-order valence-corrected chi connectivity index (χ2v) is 4.71. The fourth-order valence-corrected chi connectivity index (χ4v) is 1.97. The Morgan fingerprint density at radius 3 is 2.50 bits per heavy atom. The molecule has 3 heteroatoms. The van der Waals surface area contributed by atoms with Crippen molar-refractivity contribution in [1.82, 2.24) is 4.90 Å². The minimum Gasteiger partial charge on any atom is -0.492 e. The maximum Gasteiger partial charge on any atom is 0.124 e. The molecule has 0 saturated heterocycles. The van der Waals surface area contributed by atoms with Crippen molar-refractivity contribution in [2.75, 3.05) is 26.2 Å². The minimum atomic E-state index is 0.00838. The second-order valence-electron chi connectivity index (χ2n) is 4.71. The lowest BCUT2D eigenvalue weighted by Crippen LogP contribution is -2.28. The lowest BCUT2D eigenvalue weighted by molar-refractivity contribution is 0.221. The smallest absolute Gasteiger partial charge is 0.124 e. The van der Waals surface area contributed by atoms with Gasteiger partial charge in [-0.2, -0.15) is 0 Å². The van der Waals surface area contributed by atoms with Gasteiger partial charge in [0.05, 0.1) is 0 Å². The third kappa shape index (κ3) is 4.31. The SMILES string of the molecule is CCN(CC)CCOc1cc(C)ccc1[C@H](C)N. The van der Waals surface area contributed by atoms with E-state index in [9.17, 15) is 0 Å². The third-order valence-electron chi connectivity index (χ3n) is 3.22. The Kier molecular flexibility index (Phi) is 6.16. The summed E-state index contributed by atoms with van der Waals surface area (Å²) in [6.07, 6.45) is 0. The van der Waals surface area contributed by atoms with Crippen LogP contribution in [-0.2, 0) is 0 Å². The van der Waals surface area contributed by atoms with E-state index in [1.807, 2.05) is 6.92 Å². The van der Waals surface area contributed by atoms with Gasteiger partial charge in [0.1, 0.15) is 12.4 Å². The summed E-state index contributed by atoms with van der Waals surface area (Å²) in [7, 11) is 0. The van der Waals surface area contributed by atoms with Gasteiger partial charge in [-0.1, -0.05) is 26.0 Å². The zero-order valence-electron chi connectivity index (χ0n) is 12.1. The molecule has 18 heavy (non-hydrogen) atoms. The summed E-state index contributed by atoms with van der Waals surface area (Å²) < 4.78 is 5.89. The average Bonchev–Trinajstić information content (AvgIpc) is 2.34. The van der Waals surface area contributed by atoms with Crippen LogP contribution in [0.25, 0.3) is 0 Å². The predicted molar refractivity (Wildman–Crippen MR) is 77.1 cm³/mol. The Morgan fingerprint density at radius 1 is 1.28 bits per heavy atom. The van der Waals surface area contributed by atoms with Crippen LogP contribution >= 0.6 is 0 Å². The molecule has 2 N–H and O–H groups in total. The quantitative estimate of drug-likeness (QED) is 0.808. The normalized spacial score (nSPS) is 12.8. The molecule has 0 aliphatic carbocycles. The van der Waals surface area contributed by atoms with Crippen LogP contribution in [0, 0.1) is 6.92 Å². The maximum atomic E-state index is 5.96. The molecule has 102 valence electrons. The van der Waals surface area contributed by atoms with Crippen molar-refractivity contribution in [2.24, 2.45) is 5.73 Å². The molecule has 1 atom stereocenters. The summed E-state index contributed by atoms with van der Waals surface area (Å²) >= 11 is 0. The molecule has 0 heterocycles. The van der Waals surface area contributed by atoms with Gasteiger partial charge in [0.25, 0.3) is 0 Å². The number of nitrogens with zero attached hydrogens (tertiary/aromatic N) is 1. The lowest BCUT2D eigenvalue weighted by atomic mass is 10.1. The first-order chi connectivity index (χ1) is 8.58.